The number of carbonyl (C=O) groups is 2. The van der Waals surface area contributed by atoms with E-state index in [1.165, 1.54) is 0 Å². The molecule has 0 spiro atoms. The van der Waals surface area contributed by atoms with E-state index in [9.17, 15) is 9.59 Å². The van der Waals surface area contributed by atoms with Crippen molar-refractivity contribution in [3.8, 4) is 17.1 Å². The average molecular weight is 337 g/mol. The number of ether oxygens (including phenoxy) is 1. The first-order valence-electron chi connectivity index (χ1n) is 7.53. The molecule has 1 heterocycles. The highest BCUT2D eigenvalue weighted by Gasteiger charge is 2.13. The Morgan fingerprint density at radius 2 is 1.80 bits per heavy atom. The molecule has 0 aliphatic rings. The van der Waals surface area contributed by atoms with Gasteiger partial charge < -0.3 is 19.6 Å². The van der Waals surface area contributed by atoms with E-state index in [-0.39, 0.29) is 5.76 Å². The highest BCUT2D eigenvalue weighted by Crippen LogP contribution is 2.23. The van der Waals surface area contributed by atoms with Crippen LogP contribution < -0.4 is 10.1 Å². The summed E-state index contributed by atoms with van der Waals surface area (Å²) in [5.74, 6) is -0.347. The van der Waals surface area contributed by atoms with Gasteiger partial charge in [0, 0.05) is 17.3 Å². The molecule has 0 fully saturated rings. The SMILES string of the molecule is O=C(O)COc1cccc(NC(=O)c2ccc(-c3ccccc3)o2)c1. The third-order valence-electron chi connectivity index (χ3n) is 3.34. The van der Waals surface area contributed by atoms with Gasteiger partial charge in [-0.1, -0.05) is 36.4 Å². The number of benzene rings is 2. The summed E-state index contributed by atoms with van der Waals surface area (Å²) in [5, 5.41) is 11.3. The third kappa shape index (κ3) is 4.26. The van der Waals surface area contributed by atoms with Crippen LogP contribution in [-0.4, -0.2) is 23.6 Å². The van der Waals surface area contributed by atoms with Crippen molar-refractivity contribution in [3.05, 3.63) is 72.5 Å². The Morgan fingerprint density at radius 3 is 2.56 bits per heavy atom. The molecule has 0 unspecified atom stereocenters. The molecule has 2 aromatic carbocycles. The Kier molecular flexibility index (Phi) is 4.80. The van der Waals surface area contributed by atoms with Crippen molar-refractivity contribution in [3.63, 3.8) is 0 Å². The standard InChI is InChI=1S/C19H15NO5/c21-18(22)12-24-15-8-4-7-14(11-15)20-19(23)17-10-9-16(25-17)13-5-2-1-3-6-13/h1-11H,12H2,(H,20,23)(H,21,22). The normalized spacial score (nSPS) is 10.2. The van der Waals surface area contributed by atoms with Crippen LogP contribution in [0.15, 0.2) is 71.1 Å². The number of hydrogen-bond acceptors (Lipinski definition) is 4. The van der Waals surface area contributed by atoms with Crippen LogP contribution in [0.2, 0.25) is 0 Å². The van der Waals surface area contributed by atoms with Gasteiger partial charge in [0.05, 0.1) is 0 Å². The third-order valence-corrected chi connectivity index (χ3v) is 3.34. The van der Waals surface area contributed by atoms with Crippen LogP contribution in [0.5, 0.6) is 5.75 Å². The van der Waals surface area contributed by atoms with Gasteiger partial charge in [0.25, 0.3) is 5.91 Å². The lowest BCUT2D eigenvalue weighted by molar-refractivity contribution is -0.139. The molecule has 0 aliphatic heterocycles. The van der Waals surface area contributed by atoms with E-state index < -0.39 is 18.5 Å². The highest BCUT2D eigenvalue weighted by molar-refractivity contribution is 6.02. The summed E-state index contributed by atoms with van der Waals surface area (Å²) in [6.07, 6.45) is 0. The number of hydrogen-bond donors (Lipinski definition) is 2. The molecule has 1 amide bonds. The van der Waals surface area contributed by atoms with E-state index in [1.54, 1.807) is 36.4 Å². The van der Waals surface area contributed by atoms with Gasteiger partial charge >= 0.3 is 5.97 Å². The lowest BCUT2D eigenvalue weighted by Crippen LogP contribution is -2.12. The van der Waals surface area contributed by atoms with Crippen LogP contribution in [0.3, 0.4) is 0 Å². The zero-order chi connectivity index (χ0) is 17.6. The molecule has 3 aromatic rings. The van der Waals surface area contributed by atoms with Crippen LogP contribution in [0.1, 0.15) is 10.6 Å². The highest BCUT2D eigenvalue weighted by atomic mass is 16.5. The maximum absolute atomic E-state index is 12.3. The number of amides is 1. The molecular weight excluding hydrogens is 322 g/mol. The summed E-state index contributed by atoms with van der Waals surface area (Å²) in [7, 11) is 0. The number of carboxylic acid groups (broad SMARTS) is 1. The molecule has 0 radical (unpaired) electrons. The molecule has 2 N–H and O–H groups in total. The monoisotopic (exact) mass is 337 g/mol. The molecule has 6 heteroatoms. The van der Waals surface area contributed by atoms with E-state index in [2.05, 4.69) is 5.32 Å². The van der Waals surface area contributed by atoms with Gasteiger partial charge in [-0.3, -0.25) is 4.79 Å². The molecule has 3 rings (SSSR count). The molecule has 126 valence electrons. The van der Waals surface area contributed by atoms with Gasteiger partial charge in [0.2, 0.25) is 0 Å². The summed E-state index contributed by atoms with van der Waals surface area (Å²) in [4.78, 5) is 22.8. The Hall–Kier alpha value is -3.54. The molecule has 0 saturated heterocycles. The van der Waals surface area contributed by atoms with Crippen LogP contribution in [0, 0.1) is 0 Å². The fourth-order valence-corrected chi connectivity index (χ4v) is 2.22. The van der Waals surface area contributed by atoms with Crippen molar-refractivity contribution in [1.29, 1.82) is 0 Å². The fourth-order valence-electron chi connectivity index (χ4n) is 2.22. The second kappa shape index (κ2) is 7.35. The predicted molar refractivity (Wildman–Crippen MR) is 91.7 cm³/mol. The lowest BCUT2D eigenvalue weighted by Gasteiger charge is -2.07. The maximum Gasteiger partial charge on any atom is 0.341 e. The van der Waals surface area contributed by atoms with Gasteiger partial charge in [-0.05, 0) is 24.3 Å². The molecule has 6 nitrogen and oxygen atoms in total. The van der Waals surface area contributed by atoms with E-state index >= 15 is 0 Å². The number of carboxylic acids is 1. The van der Waals surface area contributed by atoms with Crippen molar-refractivity contribution < 1.29 is 23.8 Å². The largest absolute Gasteiger partial charge is 0.482 e. The first kappa shape index (κ1) is 16.3. The minimum absolute atomic E-state index is 0.177. The molecule has 1 aromatic heterocycles. The lowest BCUT2D eigenvalue weighted by atomic mass is 10.2. The number of furan rings is 1. The maximum atomic E-state index is 12.3. The van der Waals surface area contributed by atoms with Gasteiger partial charge in [0.15, 0.2) is 12.4 Å². The topological polar surface area (TPSA) is 88.8 Å². The van der Waals surface area contributed by atoms with Gasteiger partial charge in [-0.15, -0.1) is 0 Å². The van der Waals surface area contributed by atoms with Gasteiger partial charge in [-0.2, -0.15) is 0 Å². The summed E-state index contributed by atoms with van der Waals surface area (Å²) >= 11 is 0. The summed E-state index contributed by atoms with van der Waals surface area (Å²) in [6.45, 7) is -0.448. The Bertz CT molecular complexity index is 886. The smallest absolute Gasteiger partial charge is 0.341 e. The summed E-state index contributed by atoms with van der Waals surface area (Å²) < 4.78 is 10.7. The Labute approximate surface area is 143 Å². The first-order valence-corrected chi connectivity index (χ1v) is 7.53. The number of anilines is 1. The van der Waals surface area contributed by atoms with Crippen molar-refractivity contribution in [2.75, 3.05) is 11.9 Å². The summed E-state index contributed by atoms with van der Waals surface area (Å²) in [6, 6.07) is 19.3. The molecule has 0 aliphatic carbocycles. The molecule has 0 bridgehead atoms. The first-order chi connectivity index (χ1) is 12.1. The zero-order valence-electron chi connectivity index (χ0n) is 13.1. The van der Waals surface area contributed by atoms with Gasteiger partial charge in [-0.25, -0.2) is 4.79 Å². The van der Waals surface area contributed by atoms with E-state index in [1.807, 2.05) is 30.3 Å². The van der Waals surface area contributed by atoms with Gasteiger partial charge in [0.1, 0.15) is 11.5 Å². The number of nitrogens with one attached hydrogen (secondary N) is 1. The quantitative estimate of drug-likeness (QED) is 0.716. The number of carbonyl (C=O) groups excluding carboxylic acids is 1. The molecule has 0 saturated carbocycles. The average Bonchev–Trinajstić information content (AvgIpc) is 3.11. The summed E-state index contributed by atoms with van der Waals surface area (Å²) in [5.41, 5.74) is 1.36. The number of rotatable bonds is 6. The number of aliphatic carboxylic acids is 1. The van der Waals surface area contributed by atoms with Crippen molar-refractivity contribution in [2.45, 2.75) is 0 Å². The Balaban J connectivity index is 1.69. The minimum atomic E-state index is -1.07. The van der Waals surface area contributed by atoms with E-state index in [0.29, 0.717) is 17.2 Å². The Morgan fingerprint density at radius 1 is 1.00 bits per heavy atom. The van der Waals surface area contributed by atoms with Crippen LogP contribution in [0.25, 0.3) is 11.3 Å². The zero-order valence-corrected chi connectivity index (χ0v) is 13.1. The second-order valence-electron chi connectivity index (χ2n) is 5.19. The molecule has 25 heavy (non-hydrogen) atoms. The predicted octanol–water partition coefficient (Wildman–Crippen LogP) is 3.66. The molecule has 0 atom stereocenters. The van der Waals surface area contributed by atoms with Crippen molar-refractivity contribution in [2.24, 2.45) is 0 Å². The molecular formula is C19H15NO5. The second-order valence-corrected chi connectivity index (χ2v) is 5.19. The minimum Gasteiger partial charge on any atom is -0.482 e. The van der Waals surface area contributed by atoms with Crippen molar-refractivity contribution in [1.82, 2.24) is 0 Å². The van der Waals surface area contributed by atoms with Crippen LogP contribution in [0.4, 0.5) is 5.69 Å². The van der Waals surface area contributed by atoms with Crippen LogP contribution >= 0.6 is 0 Å². The van der Waals surface area contributed by atoms with Crippen LogP contribution in [-0.2, 0) is 4.79 Å². The fraction of sp³-hybridized carbons (Fsp3) is 0.0526. The van der Waals surface area contributed by atoms with E-state index in [0.717, 1.165) is 5.56 Å². The van der Waals surface area contributed by atoms with Crippen molar-refractivity contribution >= 4 is 17.6 Å². The van der Waals surface area contributed by atoms with E-state index in [4.69, 9.17) is 14.3 Å².